The average Bonchev–Trinajstić information content (AvgIpc) is 2.80. The molecule has 0 aliphatic carbocycles. The minimum Gasteiger partial charge on any atom is -0.368 e. The van der Waals surface area contributed by atoms with Gasteiger partial charge in [-0.25, -0.2) is 8.42 Å². The third-order valence-electron chi connectivity index (χ3n) is 6.43. The van der Waals surface area contributed by atoms with Gasteiger partial charge in [-0.1, -0.05) is 49.7 Å². The SMILES string of the molecule is CC(C)c1ccc(S(=O)(=O)N2CCC3(CC2)NCCN=C3NCc2ccc(Cl)cc2)cc1.Cl. The van der Waals surface area contributed by atoms with Gasteiger partial charge in [-0.15, -0.1) is 12.4 Å². The molecule has 6 nitrogen and oxygen atoms in total. The highest BCUT2D eigenvalue weighted by Crippen LogP contribution is 2.29. The zero-order valence-electron chi connectivity index (χ0n) is 19.1. The van der Waals surface area contributed by atoms with Crippen molar-refractivity contribution in [2.24, 2.45) is 4.99 Å². The van der Waals surface area contributed by atoms with Crippen molar-refractivity contribution in [1.29, 1.82) is 0 Å². The van der Waals surface area contributed by atoms with Gasteiger partial charge in [0.25, 0.3) is 0 Å². The molecule has 1 saturated heterocycles. The summed E-state index contributed by atoms with van der Waals surface area (Å²) in [5.74, 6) is 1.30. The Morgan fingerprint density at radius 2 is 1.73 bits per heavy atom. The van der Waals surface area contributed by atoms with Crippen LogP contribution in [-0.2, 0) is 16.6 Å². The number of hydrogen-bond donors (Lipinski definition) is 2. The summed E-state index contributed by atoms with van der Waals surface area (Å²) >= 11 is 5.99. The van der Waals surface area contributed by atoms with Gasteiger partial charge in [0.2, 0.25) is 10.0 Å². The number of benzene rings is 2. The summed E-state index contributed by atoms with van der Waals surface area (Å²) in [4.78, 5) is 5.12. The van der Waals surface area contributed by atoms with Gasteiger partial charge < -0.3 is 10.6 Å². The highest BCUT2D eigenvalue weighted by molar-refractivity contribution is 7.89. The number of halogens is 2. The van der Waals surface area contributed by atoms with E-state index in [-0.39, 0.29) is 17.9 Å². The summed E-state index contributed by atoms with van der Waals surface area (Å²) in [5.41, 5.74) is 1.96. The zero-order valence-corrected chi connectivity index (χ0v) is 21.4. The molecule has 0 saturated carbocycles. The van der Waals surface area contributed by atoms with E-state index >= 15 is 0 Å². The fourth-order valence-electron chi connectivity index (χ4n) is 4.41. The Balaban J connectivity index is 0.00000306. The number of hydrogen-bond acceptors (Lipinski definition) is 5. The van der Waals surface area contributed by atoms with Crippen molar-refractivity contribution in [3.8, 4) is 0 Å². The van der Waals surface area contributed by atoms with E-state index in [1.165, 1.54) is 0 Å². The van der Waals surface area contributed by atoms with E-state index in [1.807, 2.05) is 36.4 Å². The monoisotopic (exact) mass is 510 g/mol. The second-order valence-corrected chi connectivity index (χ2v) is 11.2. The molecule has 33 heavy (non-hydrogen) atoms. The number of sulfonamides is 1. The molecular formula is C24H32Cl2N4O2S. The van der Waals surface area contributed by atoms with E-state index in [1.54, 1.807) is 16.4 Å². The Morgan fingerprint density at radius 1 is 1.09 bits per heavy atom. The van der Waals surface area contributed by atoms with Crippen LogP contribution in [0.4, 0.5) is 0 Å². The van der Waals surface area contributed by atoms with Crippen LogP contribution in [-0.4, -0.2) is 50.3 Å². The van der Waals surface area contributed by atoms with Crippen molar-refractivity contribution in [1.82, 2.24) is 14.9 Å². The fourth-order valence-corrected chi connectivity index (χ4v) is 5.97. The molecule has 0 bridgehead atoms. The molecule has 0 aromatic heterocycles. The average molecular weight is 512 g/mol. The van der Waals surface area contributed by atoms with Crippen LogP contribution in [0.1, 0.15) is 43.7 Å². The van der Waals surface area contributed by atoms with Crippen LogP contribution in [0.25, 0.3) is 0 Å². The summed E-state index contributed by atoms with van der Waals surface area (Å²) in [6.07, 6.45) is 1.37. The molecule has 2 heterocycles. The summed E-state index contributed by atoms with van der Waals surface area (Å²) in [5, 5.41) is 7.84. The molecule has 0 amide bonds. The predicted molar refractivity (Wildman–Crippen MR) is 137 cm³/mol. The first-order chi connectivity index (χ1) is 15.3. The van der Waals surface area contributed by atoms with Gasteiger partial charge in [-0.05, 0) is 54.2 Å². The highest BCUT2D eigenvalue weighted by atomic mass is 35.5. The van der Waals surface area contributed by atoms with Crippen LogP contribution in [0.5, 0.6) is 0 Å². The topological polar surface area (TPSA) is 73.8 Å². The van der Waals surface area contributed by atoms with E-state index < -0.39 is 10.0 Å². The van der Waals surface area contributed by atoms with E-state index in [4.69, 9.17) is 16.6 Å². The number of amidine groups is 1. The van der Waals surface area contributed by atoms with Crippen molar-refractivity contribution in [2.45, 2.75) is 49.6 Å². The lowest BCUT2D eigenvalue weighted by molar-refractivity contribution is 0.241. The maximum Gasteiger partial charge on any atom is 0.243 e. The second-order valence-electron chi connectivity index (χ2n) is 8.85. The molecule has 2 N–H and O–H groups in total. The fraction of sp³-hybridized carbons (Fsp3) is 0.458. The highest BCUT2D eigenvalue weighted by Gasteiger charge is 2.43. The molecule has 2 aliphatic heterocycles. The van der Waals surface area contributed by atoms with Crippen LogP contribution in [0, 0.1) is 0 Å². The smallest absolute Gasteiger partial charge is 0.243 e. The van der Waals surface area contributed by atoms with E-state index in [0.29, 0.717) is 48.3 Å². The summed E-state index contributed by atoms with van der Waals surface area (Å²) < 4.78 is 28.0. The van der Waals surface area contributed by atoms with Gasteiger partial charge in [0.15, 0.2) is 0 Å². The maximum absolute atomic E-state index is 13.2. The molecule has 180 valence electrons. The van der Waals surface area contributed by atoms with Gasteiger partial charge in [0.05, 0.1) is 17.0 Å². The van der Waals surface area contributed by atoms with E-state index in [9.17, 15) is 8.42 Å². The van der Waals surface area contributed by atoms with Crippen molar-refractivity contribution < 1.29 is 8.42 Å². The normalized spacial score (nSPS) is 18.6. The maximum atomic E-state index is 13.2. The number of rotatable bonds is 5. The van der Waals surface area contributed by atoms with Crippen molar-refractivity contribution >= 4 is 39.9 Å². The third-order valence-corrected chi connectivity index (χ3v) is 8.60. The lowest BCUT2D eigenvalue weighted by Crippen LogP contribution is -2.64. The lowest BCUT2D eigenvalue weighted by atomic mass is 9.85. The van der Waals surface area contributed by atoms with Gasteiger partial charge in [-0.2, -0.15) is 4.31 Å². The molecule has 0 atom stereocenters. The molecule has 1 fully saturated rings. The van der Waals surface area contributed by atoms with Crippen molar-refractivity contribution in [3.63, 3.8) is 0 Å². The summed E-state index contributed by atoms with van der Waals surface area (Å²) in [6.45, 7) is 7.30. The van der Waals surface area contributed by atoms with Crippen molar-refractivity contribution in [2.75, 3.05) is 26.2 Å². The summed E-state index contributed by atoms with van der Waals surface area (Å²) in [7, 11) is -3.50. The molecule has 2 aromatic rings. The molecular weight excluding hydrogens is 479 g/mol. The number of nitrogens with one attached hydrogen (secondary N) is 2. The molecule has 1 spiro atoms. The van der Waals surface area contributed by atoms with E-state index in [2.05, 4.69) is 24.5 Å². The summed E-state index contributed by atoms with van der Waals surface area (Å²) in [6, 6.07) is 15.0. The molecule has 9 heteroatoms. The first kappa shape index (κ1) is 26.0. The standard InChI is InChI=1S/C24H31ClN4O2S.ClH/c1-18(2)20-5-9-22(10-6-20)32(30,31)29-15-11-24(12-16-29)23(26-13-14-28-24)27-17-19-3-7-21(25)8-4-19;/h3-10,18,28H,11-17H2,1-2H3,(H,26,27);1H. The number of aliphatic imine (C=N–C) groups is 1. The van der Waals surface area contributed by atoms with Crippen LogP contribution < -0.4 is 10.6 Å². The molecule has 2 aromatic carbocycles. The zero-order chi connectivity index (χ0) is 22.8. The Kier molecular flexibility index (Phi) is 8.45. The van der Waals surface area contributed by atoms with Crippen molar-refractivity contribution in [3.05, 3.63) is 64.7 Å². The first-order valence-corrected chi connectivity index (χ1v) is 13.0. The minimum absolute atomic E-state index is 0. The van der Waals surface area contributed by atoms with Crippen LogP contribution in [0.15, 0.2) is 58.4 Å². The Hall–Kier alpha value is -1.64. The van der Waals surface area contributed by atoms with E-state index in [0.717, 1.165) is 30.1 Å². The predicted octanol–water partition coefficient (Wildman–Crippen LogP) is 4.20. The molecule has 0 radical (unpaired) electrons. The van der Waals surface area contributed by atoms with Crippen LogP contribution in [0.3, 0.4) is 0 Å². The largest absolute Gasteiger partial charge is 0.368 e. The van der Waals surface area contributed by atoms with Gasteiger partial charge in [-0.3, -0.25) is 4.99 Å². The number of piperidine rings is 1. The molecule has 2 aliphatic rings. The Bertz CT molecular complexity index is 1060. The minimum atomic E-state index is -3.50. The Morgan fingerprint density at radius 3 is 2.33 bits per heavy atom. The molecule has 0 unspecified atom stereocenters. The van der Waals surface area contributed by atoms with Crippen LogP contribution >= 0.6 is 24.0 Å². The quantitative estimate of drug-likeness (QED) is 0.631. The van der Waals surface area contributed by atoms with Crippen LogP contribution in [0.2, 0.25) is 5.02 Å². The van der Waals surface area contributed by atoms with Gasteiger partial charge in [0.1, 0.15) is 5.84 Å². The third kappa shape index (κ3) is 5.72. The number of nitrogens with zero attached hydrogens (tertiary/aromatic N) is 2. The van der Waals surface area contributed by atoms with Gasteiger partial charge in [0, 0.05) is 31.2 Å². The second kappa shape index (κ2) is 10.7. The lowest BCUT2D eigenvalue weighted by Gasteiger charge is -2.44. The van der Waals surface area contributed by atoms with Gasteiger partial charge >= 0.3 is 0 Å². The first-order valence-electron chi connectivity index (χ1n) is 11.2. The molecule has 4 rings (SSSR count). The Labute approximate surface area is 208 Å².